The largest absolute Gasteiger partial charge is 0.314 e. The molecular formula is C13H19Cl2N3O2S. The SMILES string of the molecule is CN(CCCNC1CC1)S(=O)(=O)Nc1ccc(Cl)c(Cl)c1. The van der Waals surface area contributed by atoms with Crippen LogP contribution in [0.1, 0.15) is 19.3 Å². The van der Waals surface area contributed by atoms with E-state index >= 15 is 0 Å². The summed E-state index contributed by atoms with van der Waals surface area (Å²) in [6.45, 7) is 1.29. The van der Waals surface area contributed by atoms with Gasteiger partial charge in [0.1, 0.15) is 0 Å². The third kappa shape index (κ3) is 5.30. The Hall–Kier alpha value is -0.530. The lowest BCUT2D eigenvalue weighted by Gasteiger charge is -2.18. The van der Waals surface area contributed by atoms with Gasteiger partial charge < -0.3 is 5.32 Å². The highest BCUT2D eigenvalue weighted by Crippen LogP contribution is 2.25. The van der Waals surface area contributed by atoms with Crippen molar-refractivity contribution in [3.8, 4) is 0 Å². The van der Waals surface area contributed by atoms with Crippen molar-refractivity contribution in [1.82, 2.24) is 9.62 Å². The van der Waals surface area contributed by atoms with Crippen molar-refractivity contribution in [3.05, 3.63) is 28.2 Å². The molecule has 118 valence electrons. The normalized spacial score (nSPS) is 15.4. The Morgan fingerprint density at radius 2 is 2.00 bits per heavy atom. The van der Waals surface area contributed by atoms with Crippen molar-refractivity contribution < 1.29 is 8.42 Å². The molecule has 2 N–H and O–H groups in total. The first-order chi connectivity index (χ1) is 9.88. The predicted molar refractivity (Wildman–Crippen MR) is 87.3 cm³/mol. The Balaban J connectivity index is 1.85. The summed E-state index contributed by atoms with van der Waals surface area (Å²) >= 11 is 11.7. The highest BCUT2D eigenvalue weighted by molar-refractivity contribution is 7.90. The molecule has 1 aliphatic rings. The second-order valence-electron chi connectivity index (χ2n) is 5.14. The molecule has 1 aromatic carbocycles. The average Bonchev–Trinajstić information content (AvgIpc) is 3.22. The van der Waals surface area contributed by atoms with Crippen LogP contribution < -0.4 is 10.0 Å². The van der Waals surface area contributed by atoms with E-state index in [4.69, 9.17) is 23.2 Å². The lowest BCUT2D eigenvalue weighted by Crippen LogP contribution is -2.34. The van der Waals surface area contributed by atoms with Crippen LogP contribution in [0.2, 0.25) is 10.0 Å². The summed E-state index contributed by atoms with van der Waals surface area (Å²) in [5, 5.41) is 4.05. The molecule has 0 heterocycles. The van der Waals surface area contributed by atoms with Gasteiger partial charge in [-0.3, -0.25) is 4.72 Å². The monoisotopic (exact) mass is 351 g/mol. The third-order valence-electron chi connectivity index (χ3n) is 3.24. The van der Waals surface area contributed by atoms with Crippen LogP contribution in [0.3, 0.4) is 0 Å². The molecule has 0 aromatic heterocycles. The number of nitrogens with zero attached hydrogens (tertiary/aromatic N) is 1. The van der Waals surface area contributed by atoms with Crippen LogP contribution in [-0.2, 0) is 10.2 Å². The summed E-state index contributed by atoms with van der Waals surface area (Å²) in [5.41, 5.74) is 0.396. The maximum absolute atomic E-state index is 12.2. The minimum atomic E-state index is -3.57. The van der Waals surface area contributed by atoms with Gasteiger partial charge >= 0.3 is 10.2 Å². The Morgan fingerprint density at radius 1 is 1.29 bits per heavy atom. The van der Waals surface area contributed by atoms with Gasteiger partial charge in [-0.25, -0.2) is 0 Å². The molecule has 0 atom stereocenters. The maximum Gasteiger partial charge on any atom is 0.301 e. The molecule has 0 aliphatic heterocycles. The van der Waals surface area contributed by atoms with Crippen molar-refractivity contribution in [1.29, 1.82) is 0 Å². The van der Waals surface area contributed by atoms with Crippen molar-refractivity contribution in [2.75, 3.05) is 24.9 Å². The second-order valence-corrected chi connectivity index (χ2v) is 7.73. The standard InChI is InChI=1S/C13H19Cl2N3O2S/c1-18(8-2-7-16-10-3-4-10)21(19,20)17-11-5-6-12(14)13(15)9-11/h5-6,9-10,16-17H,2-4,7-8H2,1H3. The van der Waals surface area contributed by atoms with E-state index in [2.05, 4.69) is 10.0 Å². The van der Waals surface area contributed by atoms with Gasteiger partial charge in [-0.15, -0.1) is 0 Å². The fourth-order valence-electron chi connectivity index (χ4n) is 1.80. The van der Waals surface area contributed by atoms with Crippen LogP contribution in [0, 0.1) is 0 Å². The lowest BCUT2D eigenvalue weighted by molar-refractivity contribution is 0.458. The number of halogens is 2. The van der Waals surface area contributed by atoms with E-state index in [0.717, 1.165) is 13.0 Å². The van der Waals surface area contributed by atoms with E-state index in [1.165, 1.54) is 23.2 Å². The number of nitrogens with one attached hydrogen (secondary N) is 2. The molecule has 0 amide bonds. The van der Waals surface area contributed by atoms with Crippen LogP contribution >= 0.6 is 23.2 Å². The average molecular weight is 352 g/mol. The highest BCUT2D eigenvalue weighted by Gasteiger charge is 2.21. The van der Waals surface area contributed by atoms with Crippen LogP contribution in [0.15, 0.2) is 18.2 Å². The van der Waals surface area contributed by atoms with Crippen LogP contribution in [0.25, 0.3) is 0 Å². The molecule has 21 heavy (non-hydrogen) atoms. The van der Waals surface area contributed by atoms with Crippen molar-refractivity contribution in [2.24, 2.45) is 0 Å². The number of benzene rings is 1. The molecule has 1 saturated carbocycles. The molecule has 1 fully saturated rings. The van der Waals surface area contributed by atoms with Crippen LogP contribution in [-0.4, -0.2) is 38.9 Å². The Morgan fingerprint density at radius 3 is 2.62 bits per heavy atom. The summed E-state index contributed by atoms with van der Waals surface area (Å²) < 4.78 is 28.1. The second kappa shape index (κ2) is 7.15. The molecule has 0 bridgehead atoms. The van der Waals surface area contributed by atoms with Crippen molar-refractivity contribution in [2.45, 2.75) is 25.3 Å². The molecule has 0 saturated heterocycles. The molecular weight excluding hydrogens is 333 g/mol. The Labute approximate surface area is 135 Å². The number of anilines is 1. The van der Waals surface area contributed by atoms with Gasteiger partial charge in [0.2, 0.25) is 0 Å². The van der Waals surface area contributed by atoms with Crippen LogP contribution in [0.4, 0.5) is 5.69 Å². The quantitative estimate of drug-likeness (QED) is 0.708. The zero-order valence-corrected chi connectivity index (χ0v) is 14.1. The van der Waals surface area contributed by atoms with E-state index in [-0.39, 0.29) is 0 Å². The maximum atomic E-state index is 12.2. The van der Waals surface area contributed by atoms with Gasteiger partial charge in [0, 0.05) is 19.6 Å². The molecule has 8 heteroatoms. The molecule has 0 radical (unpaired) electrons. The van der Waals surface area contributed by atoms with Gasteiger partial charge in [0.25, 0.3) is 0 Å². The first-order valence-electron chi connectivity index (χ1n) is 6.81. The molecule has 0 unspecified atom stereocenters. The number of hydrogen-bond acceptors (Lipinski definition) is 3. The Bertz CT molecular complexity index is 591. The minimum absolute atomic E-state index is 0.313. The zero-order valence-electron chi connectivity index (χ0n) is 11.8. The van der Waals surface area contributed by atoms with E-state index in [0.29, 0.717) is 28.3 Å². The summed E-state index contributed by atoms with van der Waals surface area (Å²) in [6, 6.07) is 5.26. The van der Waals surface area contributed by atoms with Crippen molar-refractivity contribution >= 4 is 39.1 Å². The summed E-state index contributed by atoms with van der Waals surface area (Å²) in [5.74, 6) is 0. The lowest BCUT2D eigenvalue weighted by atomic mass is 10.3. The van der Waals surface area contributed by atoms with Gasteiger partial charge in [-0.2, -0.15) is 12.7 Å². The predicted octanol–water partition coefficient (Wildman–Crippen LogP) is 2.72. The minimum Gasteiger partial charge on any atom is -0.314 e. The van der Waals surface area contributed by atoms with Crippen LogP contribution in [0.5, 0.6) is 0 Å². The molecule has 0 spiro atoms. The van der Waals surface area contributed by atoms with Crippen molar-refractivity contribution in [3.63, 3.8) is 0 Å². The highest BCUT2D eigenvalue weighted by atomic mass is 35.5. The summed E-state index contributed by atoms with van der Waals surface area (Å²) in [4.78, 5) is 0. The molecule has 1 aliphatic carbocycles. The van der Waals surface area contributed by atoms with Gasteiger partial charge in [0.15, 0.2) is 0 Å². The van der Waals surface area contributed by atoms with E-state index < -0.39 is 10.2 Å². The fourth-order valence-corrected chi connectivity index (χ4v) is 3.05. The first-order valence-corrected chi connectivity index (χ1v) is 9.00. The summed E-state index contributed by atoms with van der Waals surface area (Å²) in [7, 11) is -2.02. The van der Waals surface area contributed by atoms with E-state index in [9.17, 15) is 8.42 Å². The van der Waals surface area contributed by atoms with Gasteiger partial charge in [-0.05, 0) is 44.0 Å². The smallest absolute Gasteiger partial charge is 0.301 e. The topological polar surface area (TPSA) is 61.4 Å². The van der Waals surface area contributed by atoms with E-state index in [1.807, 2.05) is 0 Å². The van der Waals surface area contributed by atoms with E-state index in [1.54, 1.807) is 19.2 Å². The fraction of sp³-hybridized carbons (Fsp3) is 0.538. The number of rotatable bonds is 8. The number of hydrogen-bond donors (Lipinski definition) is 2. The van der Waals surface area contributed by atoms with Gasteiger partial charge in [0.05, 0.1) is 15.7 Å². The van der Waals surface area contributed by atoms with Gasteiger partial charge in [-0.1, -0.05) is 23.2 Å². The third-order valence-corrected chi connectivity index (χ3v) is 5.47. The molecule has 5 nitrogen and oxygen atoms in total. The zero-order chi connectivity index (χ0) is 15.5. The summed E-state index contributed by atoms with van der Waals surface area (Å²) in [6.07, 6.45) is 3.23. The molecule has 2 rings (SSSR count). The molecule has 1 aromatic rings. The Kier molecular flexibility index (Phi) is 5.73. The first kappa shape index (κ1) is 16.8.